The second kappa shape index (κ2) is 8.82. The van der Waals surface area contributed by atoms with Gasteiger partial charge in [0.1, 0.15) is 0 Å². The number of hydrogen-bond acceptors (Lipinski definition) is 6. The van der Waals surface area contributed by atoms with Crippen LogP contribution in [0.5, 0.6) is 17.4 Å². The number of aromatic nitrogens is 1. The van der Waals surface area contributed by atoms with E-state index in [1.165, 1.54) is 14.0 Å². The van der Waals surface area contributed by atoms with Gasteiger partial charge in [0, 0.05) is 42.5 Å². The third-order valence-corrected chi connectivity index (χ3v) is 5.47. The Kier molecular flexibility index (Phi) is 5.91. The van der Waals surface area contributed by atoms with Gasteiger partial charge in [0.15, 0.2) is 17.1 Å². The van der Waals surface area contributed by atoms with Crippen molar-refractivity contribution < 1.29 is 23.8 Å². The number of pyridine rings is 1. The zero-order valence-corrected chi connectivity index (χ0v) is 18.9. The molecule has 2 heterocycles. The number of carbonyl (C=O) groups is 2. The fraction of sp³-hybridized carbons (Fsp3) is 0.240. The van der Waals surface area contributed by atoms with Gasteiger partial charge in [0.2, 0.25) is 11.8 Å². The van der Waals surface area contributed by atoms with Crippen LogP contribution in [0.15, 0.2) is 54.7 Å². The lowest BCUT2D eigenvalue weighted by molar-refractivity contribution is -0.128. The van der Waals surface area contributed by atoms with E-state index in [0.29, 0.717) is 35.2 Å². The summed E-state index contributed by atoms with van der Waals surface area (Å²) in [7, 11) is 3.09. The molecule has 1 aliphatic rings. The number of nitrogens with zero attached hydrogens (tertiary/aromatic N) is 1. The van der Waals surface area contributed by atoms with Crippen molar-refractivity contribution in [2.75, 3.05) is 24.9 Å². The molecule has 1 aromatic heterocycles. The molecule has 0 bridgehead atoms. The number of hydrogen-bond donors (Lipinski definition) is 2. The van der Waals surface area contributed by atoms with Crippen molar-refractivity contribution in [3.8, 4) is 28.5 Å². The Hall–Kier alpha value is -4.07. The second-order valence-electron chi connectivity index (χ2n) is 7.94. The lowest BCUT2D eigenvalue weighted by Crippen LogP contribution is -2.44. The summed E-state index contributed by atoms with van der Waals surface area (Å²) in [6, 6.07) is 14.6. The highest BCUT2D eigenvalue weighted by Gasteiger charge is 2.44. The number of rotatable bonds is 6. The smallest absolute Gasteiger partial charge is 0.268 e. The monoisotopic (exact) mass is 447 g/mol. The molecule has 1 atom stereocenters. The van der Waals surface area contributed by atoms with Crippen LogP contribution in [-0.4, -0.2) is 36.6 Å². The van der Waals surface area contributed by atoms with Gasteiger partial charge in [-0.25, -0.2) is 4.98 Å². The normalized spacial score (nSPS) is 16.4. The highest BCUT2D eigenvalue weighted by atomic mass is 16.5. The van der Waals surface area contributed by atoms with Crippen LogP contribution in [0.4, 0.5) is 11.4 Å². The fourth-order valence-corrected chi connectivity index (χ4v) is 3.86. The van der Waals surface area contributed by atoms with E-state index in [-0.39, 0.29) is 11.8 Å². The van der Waals surface area contributed by atoms with Crippen molar-refractivity contribution in [3.63, 3.8) is 0 Å². The van der Waals surface area contributed by atoms with Gasteiger partial charge >= 0.3 is 0 Å². The minimum absolute atomic E-state index is 0.144. The molecule has 170 valence electrons. The van der Waals surface area contributed by atoms with Crippen molar-refractivity contribution in [1.82, 2.24) is 4.98 Å². The highest BCUT2D eigenvalue weighted by molar-refractivity contribution is 5.98. The zero-order valence-electron chi connectivity index (χ0n) is 18.9. The van der Waals surface area contributed by atoms with Crippen LogP contribution in [0.3, 0.4) is 0 Å². The Morgan fingerprint density at radius 1 is 1.00 bits per heavy atom. The molecule has 2 aromatic carbocycles. The Morgan fingerprint density at radius 2 is 1.76 bits per heavy atom. The molecule has 0 saturated heterocycles. The molecule has 0 spiro atoms. The summed E-state index contributed by atoms with van der Waals surface area (Å²) in [4.78, 5) is 29.0. The molecule has 33 heavy (non-hydrogen) atoms. The summed E-state index contributed by atoms with van der Waals surface area (Å²) in [5.74, 6) is 1.06. The first-order valence-corrected chi connectivity index (χ1v) is 10.4. The Bertz CT molecular complexity index is 1230. The molecule has 8 nitrogen and oxygen atoms in total. The van der Waals surface area contributed by atoms with Gasteiger partial charge in [-0.2, -0.15) is 0 Å². The highest BCUT2D eigenvalue weighted by Crippen LogP contribution is 2.40. The van der Waals surface area contributed by atoms with Gasteiger partial charge in [-0.1, -0.05) is 12.1 Å². The molecule has 1 aliphatic heterocycles. The minimum Gasteiger partial charge on any atom is -0.493 e. The second-order valence-corrected chi connectivity index (χ2v) is 7.94. The van der Waals surface area contributed by atoms with E-state index in [2.05, 4.69) is 15.6 Å². The predicted octanol–water partition coefficient (Wildman–Crippen LogP) is 4.06. The molecule has 0 saturated carbocycles. The molecule has 0 aliphatic carbocycles. The lowest BCUT2D eigenvalue weighted by Gasteiger charge is -2.22. The molecule has 2 amide bonds. The third kappa shape index (κ3) is 4.45. The first kappa shape index (κ1) is 22.1. The van der Waals surface area contributed by atoms with Crippen molar-refractivity contribution in [3.05, 3.63) is 60.3 Å². The van der Waals surface area contributed by atoms with Crippen molar-refractivity contribution in [1.29, 1.82) is 0 Å². The number of methoxy groups -OCH3 is 2. The van der Waals surface area contributed by atoms with Crippen LogP contribution in [0.2, 0.25) is 0 Å². The van der Waals surface area contributed by atoms with Crippen molar-refractivity contribution >= 4 is 23.2 Å². The van der Waals surface area contributed by atoms with Crippen LogP contribution in [-0.2, 0) is 16.0 Å². The largest absolute Gasteiger partial charge is 0.493 e. The van der Waals surface area contributed by atoms with E-state index in [1.54, 1.807) is 38.4 Å². The molecular formula is C25H25N3O5. The number of benzene rings is 2. The maximum absolute atomic E-state index is 13.2. The average molecular weight is 447 g/mol. The topological polar surface area (TPSA) is 98.8 Å². The zero-order chi connectivity index (χ0) is 23.6. The minimum atomic E-state index is -1.14. The summed E-state index contributed by atoms with van der Waals surface area (Å²) < 4.78 is 16.6. The van der Waals surface area contributed by atoms with Gasteiger partial charge < -0.3 is 24.8 Å². The maximum Gasteiger partial charge on any atom is 0.268 e. The van der Waals surface area contributed by atoms with Crippen LogP contribution in [0.1, 0.15) is 19.4 Å². The maximum atomic E-state index is 13.2. The summed E-state index contributed by atoms with van der Waals surface area (Å²) >= 11 is 0. The number of fused-ring (bicyclic) bond motifs is 1. The number of carbonyl (C=O) groups excluding carboxylic acids is 2. The van der Waals surface area contributed by atoms with E-state index in [4.69, 9.17) is 14.2 Å². The van der Waals surface area contributed by atoms with Gasteiger partial charge in [0.05, 0.1) is 14.2 Å². The molecule has 8 heteroatoms. The molecule has 4 rings (SSSR count). The Morgan fingerprint density at radius 3 is 2.48 bits per heavy atom. The number of anilines is 2. The molecule has 0 fully saturated rings. The summed E-state index contributed by atoms with van der Waals surface area (Å²) in [6.07, 6.45) is 1.99. The van der Waals surface area contributed by atoms with Gasteiger partial charge in [-0.3, -0.25) is 9.59 Å². The molecule has 1 unspecified atom stereocenters. The van der Waals surface area contributed by atoms with E-state index in [1.807, 2.05) is 30.3 Å². The summed E-state index contributed by atoms with van der Waals surface area (Å²) in [6.45, 7) is 3.20. The number of nitrogens with one attached hydrogen (secondary N) is 2. The van der Waals surface area contributed by atoms with Crippen molar-refractivity contribution in [2.24, 2.45) is 0 Å². The quantitative estimate of drug-likeness (QED) is 0.591. The first-order chi connectivity index (χ1) is 15.8. The number of ether oxygens (including phenoxy) is 3. The molecule has 2 N–H and O–H groups in total. The molecule has 0 radical (unpaired) electrons. The van der Waals surface area contributed by atoms with Gasteiger partial charge in [-0.15, -0.1) is 0 Å². The number of amides is 2. The first-order valence-electron chi connectivity index (χ1n) is 10.4. The average Bonchev–Trinajstić information content (AvgIpc) is 3.16. The standard InChI is InChI=1S/C25H25N3O5/c1-15(29)27-17-7-5-6-16(12-17)19-10-11-26-23-20(19)14-25(2,33-23)24(30)28-18-8-9-21(31-3)22(13-18)32-4/h5-13H,14H2,1-4H3,(H,27,29)(H,28,30). The van der Waals surface area contributed by atoms with E-state index in [0.717, 1.165) is 16.7 Å². The van der Waals surface area contributed by atoms with Crippen LogP contribution in [0.25, 0.3) is 11.1 Å². The van der Waals surface area contributed by atoms with Crippen molar-refractivity contribution in [2.45, 2.75) is 25.9 Å². The van der Waals surface area contributed by atoms with E-state index < -0.39 is 5.60 Å². The Balaban J connectivity index is 1.59. The lowest BCUT2D eigenvalue weighted by atomic mass is 9.93. The molecular weight excluding hydrogens is 422 g/mol. The van der Waals surface area contributed by atoms with Crippen LogP contribution in [0, 0.1) is 0 Å². The predicted molar refractivity (Wildman–Crippen MR) is 125 cm³/mol. The van der Waals surface area contributed by atoms with E-state index >= 15 is 0 Å². The van der Waals surface area contributed by atoms with Crippen LogP contribution >= 0.6 is 0 Å². The molecule has 3 aromatic rings. The van der Waals surface area contributed by atoms with Crippen LogP contribution < -0.4 is 24.8 Å². The third-order valence-electron chi connectivity index (χ3n) is 5.47. The fourth-order valence-electron chi connectivity index (χ4n) is 3.86. The van der Waals surface area contributed by atoms with Gasteiger partial charge in [0.25, 0.3) is 5.91 Å². The SMILES string of the molecule is COc1ccc(NC(=O)C2(C)Cc3c(-c4cccc(NC(C)=O)c4)ccnc3O2)cc1OC. The summed E-state index contributed by atoms with van der Waals surface area (Å²) in [5, 5.41) is 5.69. The Labute approximate surface area is 191 Å². The van der Waals surface area contributed by atoms with E-state index in [9.17, 15) is 9.59 Å². The van der Waals surface area contributed by atoms with Gasteiger partial charge in [-0.05, 0) is 48.4 Å². The summed E-state index contributed by atoms with van der Waals surface area (Å²) in [5.41, 5.74) is 2.74.